The van der Waals surface area contributed by atoms with Gasteiger partial charge in [0.15, 0.2) is 5.60 Å². The van der Waals surface area contributed by atoms with E-state index in [0.29, 0.717) is 35.1 Å². The van der Waals surface area contributed by atoms with Crippen LogP contribution in [0.15, 0.2) is 60.7 Å². The van der Waals surface area contributed by atoms with E-state index in [0.717, 1.165) is 39.4 Å². The first-order valence-electron chi connectivity index (χ1n) is 12.8. The molecule has 0 aliphatic rings. The van der Waals surface area contributed by atoms with E-state index < -0.39 is 23.3 Å². The molecule has 0 saturated heterocycles. The Morgan fingerprint density at radius 2 is 1.49 bits per heavy atom. The fourth-order valence-corrected chi connectivity index (χ4v) is 5.50. The van der Waals surface area contributed by atoms with Gasteiger partial charge in [-0.25, -0.2) is 14.2 Å². The molecule has 0 aliphatic carbocycles. The molecule has 0 saturated carbocycles. The number of carboxylic acids is 1. The number of thiazole rings is 1. The number of carbonyl (C=O) groups is 1. The van der Waals surface area contributed by atoms with Crippen LogP contribution < -0.4 is 9.64 Å². The van der Waals surface area contributed by atoms with Crippen LogP contribution in [0, 0.1) is 26.6 Å². The maximum Gasteiger partial charge on any atom is 0.416 e. The molecule has 10 heteroatoms. The first kappa shape index (κ1) is 30.0. The number of hydrogen-bond donors (Lipinski definition) is 1. The van der Waals surface area contributed by atoms with Gasteiger partial charge in [0.2, 0.25) is 0 Å². The van der Waals surface area contributed by atoms with Crippen LogP contribution in [0.2, 0.25) is 0 Å². The zero-order valence-electron chi connectivity index (χ0n) is 23.3. The second-order valence-electron chi connectivity index (χ2n) is 10.4. The number of nitrogens with zero attached hydrogens (tertiary/aromatic N) is 2. The highest BCUT2D eigenvalue weighted by Gasteiger charge is 2.31. The zero-order chi connectivity index (χ0) is 30.1. The molecule has 0 radical (unpaired) electrons. The van der Waals surface area contributed by atoms with Gasteiger partial charge in [-0.1, -0.05) is 47.7 Å². The van der Waals surface area contributed by atoms with E-state index in [-0.39, 0.29) is 5.82 Å². The monoisotopic (exact) mass is 586 g/mol. The predicted octanol–water partition coefficient (Wildman–Crippen LogP) is 8.34. The summed E-state index contributed by atoms with van der Waals surface area (Å²) in [5.41, 5.74) is 2.53. The Balaban J connectivity index is 1.69. The van der Waals surface area contributed by atoms with Crippen molar-refractivity contribution in [3.8, 4) is 16.3 Å². The fraction of sp³-hybridized carbons (Fsp3) is 0.290. The van der Waals surface area contributed by atoms with E-state index in [9.17, 15) is 27.5 Å². The van der Waals surface area contributed by atoms with Crippen molar-refractivity contribution in [3.05, 3.63) is 100.0 Å². The molecule has 216 valence electrons. The summed E-state index contributed by atoms with van der Waals surface area (Å²) in [6.45, 7) is 9.41. The van der Waals surface area contributed by atoms with Crippen molar-refractivity contribution in [3.63, 3.8) is 0 Å². The molecule has 41 heavy (non-hydrogen) atoms. The molecule has 0 bridgehead atoms. The molecule has 4 rings (SSSR count). The molecule has 4 aromatic rings. The number of aryl methyl sites for hydroxylation is 3. The molecule has 0 aliphatic heterocycles. The van der Waals surface area contributed by atoms with Crippen LogP contribution in [0.5, 0.6) is 5.75 Å². The Morgan fingerprint density at radius 1 is 0.927 bits per heavy atom. The third-order valence-corrected chi connectivity index (χ3v) is 7.84. The number of rotatable bonds is 9. The van der Waals surface area contributed by atoms with Crippen LogP contribution in [0.25, 0.3) is 10.6 Å². The van der Waals surface area contributed by atoms with Crippen molar-refractivity contribution in [2.24, 2.45) is 0 Å². The standard InChI is InChI=1S/C31H30F4N2O3S/c1-18-14-22(15-19(2)26(18)40-30(4,5)29(38)39)17-37(16-21-6-12-25(32)13-7-21)28-20(3)36-27(41-28)23-8-10-24(11-9-23)31(33,34)35/h6-15H,16-17H2,1-5H3,(H,38,39). The average Bonchev–Trinajstić information content (AvgIpc) is 3.28. The van der Waals surface area contributed by atoms with Gasteiger partial charge >= 0.3 is 12.1 Å². The van der Waals surface area contributed by atoms with E-state index in [1.54, 1.807) is 12.1 Å². The molecular weight excluding hydrogens is 556 g/mol. The number of anilines is 1. The lowest BCUT2D eigenvalue weighted by Gasteiger charge is -2.27. The van der Waals surface area contributed by atoms with Crippen LogP contribution in [-0.4, -0.2) is 21.7 Å². The molecule has 1 aromatic heterocycles. The van der Waals surface area contributed by atoms with Crippen molar-refractivity contribution in [1.82, 2.24) is 4.98 Å². The second kappa shape index (κ2) is 11.5. The molecule has 3 aromatic carbocycles. The summed E-state index contributed by atoms with van der Waals surface area (Å²) >= 11 is 1.37. The Bertz CT molecular complexity index is 1520. The Morgan fingerprint density at radius 3 is 2.02 bits per heavy atom. The summed E-state index contributed by atoms with van der Waals surface area (Å²) in [6, 6.07) is 15.0. The lowest BCUT2D eigenvalue weighted by atomic mass is 10.0. The highest BCUT2D eigenvalue weighted by molar-refractivity contribution is 7.19. The van der Waals surface area contributed by atoms with Crippen LogP contribution in [0.4, 0.5) is 22.6 Å². The average molecular weight is 587 g/mol. The number of carboxylic acid groups (broad SMARTS) is 1. The molecule has 0 spiro atoms. The third kappa shape index (κ3) is 7.05. The smallest absolute Gasteiger partial charge is 0.416 e. The quantitative estimate of drug-likeness (QED) is 0.200. The molecule has 1 N–H and O–H groups in total. The number of hydrogen-bond acceptors (Lipinski definition) is 5. The van der Waals surface area contributed by atoms with Crippen molar-refractivity contribution >= 4 is 22.3 Å². The Hall–Kier alpha value is -3.92. The number of ether oxygens (including phenoxy) is 1. The highest BCUT2D eigenvalue weighted by atomic mass is 32.1. The number of halogens is 4. The summed E-state index contributed by atoms with van der Waals surface area (Å²) in [6.07, 6.45) is -4.42. The molecular formula is C31H30F4N2O3S. The van der Waals surface area contributed by atoms with Crippen molar-refractivity contribution in [2.75, 3.05) is 4.90 Å². The van der Waals surface area contributed by atoms with Gasteiger partial charge in [-0.05, 0) is 81.1 Å². The minimum absolute atomic E-state index is 0.343. The van der Waals surface area contributed by atoms with Gasteiger partial charge in [0.25, 0.3) is 0 Å². The normalized spacial score (nSPS) is 11.9. The van der Waals surface area contributed by atoms with Crippen molar-refractivity contribution in [2.45, 2.75) is 59.5 Å². The van der Waals surface area contributed by atoms with Gasteiger partial charge in [0, 0.05) is 18.7 Å². The SMILES string of the molecule is Cc1cc(CN(Cc2ccc(F)cc2)c2sc(-c3ccc(C(F)(F)F)cc3)nc2C)cc(C)c1OC(C)(C)C(=O)O. The molecule has 0 amide bonds. The molecule has 5 nitrogen and oxygen atoms in total. The maximum absolute atomic E-state index is 13.6. The van der Waals surface area contributed by atoms with E-state index in [1.165, 1.54) is 49.4 Å². The number of aromatic nitrogens is 1. The molecule has 0 atom stereocenters. The third-order valence-electron chi connectivity index (χ3n) is 6.57. The highest BCUT2D eigenvalue weighted by Crippen LogP contribution is 2.38. The summed E-state index contributed by atoms with van der Waals surface area (Å²) in [5.74, 6) is -0.912. The number of aliphatic carboxylic acids is 1. The predicted molar refractivity (Wildman–Crippen MR) is 152 cm³/mol. The largest absolute Gasteiger partial charge is 0.478 e. The number of benzene rings is 3. The zero-order valence-corrected chi connectivity index (χ0v) is 24.1. The van der Waals surface area contributed by atoms with E-state index in [1.807, 2.05) is 32.9 Å². The molecule has 0 unspecified atom stereocenters. The van der Waals surface area contributed by atoms with E-state index in [4.69, 9.17) is 4.74 Å². The topological polar surface area (TPSA) is 62.7 Å². The first-order chi connectivity index (χ1) is 19.1. The van der Waals surface area contributed by atoms with Gasteiger partial charge < -0.3 is 14.7 Å². The minimum Gasteiger partial charge on any atom is -0.478 e. The lowest BCUT2D eigenvalue weighted by Crippen LogP contribution is -2.38. The van der Waals surface area contributed by atoms with Gasteiger partial charge in [-0.3, -0.25) is 0 Å². The summed E-state index contributed by atoms with van der Waals surface area (Å²) < 4.78 is 58.6. The number of alkyl halides is 3. The Kier molecular flexibility index (Phi) is 8.44. The Labute approximate surface area is 240 Å². The van der Waals surface area contributed by atoms with Crippen molar-refractivity contribution in [1.29, 1.82) is 0 Å². The van der Waals surface area contributed by atoms with Crippen molar-refractivity contribution < 1.29 is 32.2 Å². The van der Waals surface area contributed by atoms with Crippen LogP contribution in [0.3, 0.4) is 0 Å². The first-order valence-corrected chi connectivity index (χ1v) is 13.6. The summed E-state index contributed by atoms with van der Waals surface area (Å²) in [5, 5.41) is 10.9. The van der Waals surface area contributed by atoms with Crippen LogP contribution >= 0.6 is 11.3 Å². The van der Waals surface area contributed by atoms with Crippen LogP contribution in [-0.2, 0) is 24.1 Å². The molecule has 0 fully saturated rings. The molecule has 1 heterocycles. The van der Waals surface area contributed by atoms with Gasteiger partial charge in [-0.15, -0.1) is 0 Å². The van der Waals surface area contributed by atoms with Gasteiger partial charge in [0.1, 0.15) is 21.6 Å². The minimum atomic E-state index is -4.42. The van der Waals surface area contributed by atoms with E-state index in [2.05, 4.69) is 9.88 Å². The summed E-state index contributed by atoms with van der Waals surface area (Å²) in [7, 11) is 0. The lowest BCUT2D eigenvalue weighted by molar-refractivity contribution is -0.152. The van der Waals surface area contributed by atoms with Gasteiger partial charge in [0.05, 0.1) is 11.3 Å². The summed E-state index contributed by atoms with van der Waals surface area (Å²) in [4.78, 5) is 18.3. The maximum atomic E-state index is 13.6. The van der Waals surface area contributed by atoms with Crippen LogP contribution in [0.1, 0.15) is 47.4 Å². The van der Waals surface area contributed by atoms with Gasteiger partial charge in [-0.2, -0.15) is 13.2 Å². The fourth-order valence-electron chi connectivity index (χ4n) is 4.43. The second-order valence-corrected chi connectivity index (χ2v) is 11.4. The van der Waals surface area contributed by atoms with E-state index >= 15 is 0 Å².